The summed E-state index contributed by atoms with van der Waals surface area (Å²) in [5.74, 6) is 0.208. The van der Waals surface area contributed by atoms with Crippen molar-refractivity contribution < 1.29 is 14.6 Å². The summed E-state index contributed by atoms with van der Waals surface area (Å²) in [7, 11) is 1.49. The molecule has 0 spiro atoms. The number of rotatable bonds is 5. The molecule has 0 heterocycles. The van der Waals surface area contributed by atoms with E-state index in [2.05, 4.69) is 25.1 Å². The van der Waals surface area contributed by atoms with Crippen LogP contribution in [0.15, 0.2) is 47.4 Å². The molecule has 0 atom stereocenters. The van der Waals surface area contributed by atoms with Gasteiger partial charge in [0.05, 0.1) is 7.11 Å². The molecule has 0 amide bonds. The first-order valence-corrected chi connectivity index (χ1v) is 7.18. The number of thioether (sulfide) groups is 1. The summed E-state index contributed by atoms with van der Waals surface area (Å²) in [6.07, 6.45) is 0. The third-order valence-corrected chi connectivity index (χ3v) is 3.96. The molecular weight excluding hydrogens is 272 g/mol. The van der Waals surface area contributed by atoms with E-state index in [0.29, 0.717) is 5.75 Å². The molecule has 0 saturated carbocycles. The Morgan fingerprint density at radius 1 is 1.25 bits per heavy atom. The number of carboxylic acid groups (broad SMARTS) is 1. The van der Waals surface area contributed by atoms with Gasteiger partial charge >= 0.3 is 5.97 Å². The molecule has 0 aliphatic rings. The van der Waals surface area contributed by atoms with Gasteiger partial charge in [0.15, 0.2) is 0 Å². The molecule has 0 fully saturated rings. The fourth-order valence-corrected chi connectivity index (χ4v) is 2.83. The first kappa shape index (κ1) is 14.5. The normalized spacial score (nSPS) is 10.3. The van der Waals surface area contributed by atoms with Gasteiger partial charge in [0.2, 0.25) is 0 Å². The van der Waals surface area contributed by atoms with Crippen molar-refractivity contribution in [3.05, 3.63) is 59.2 Å². The summed E-state index contributed by atoms with van der Waals surface area (Å²) >= 11 is 1.72. The van der Waals surface area contributed by atoms with E-state index in [0.717, 1.165) is 11.3 Å². The maximum atomic E-state index is 11.0. The molecule has 104 valence electrons. The lowest BCUT2D eigenvalue weighted by Crippen LogP contribution is -2.00. The van der Waals surface area contributed by atoms with E-state index in [9.17, 15) is 4.79 Å². The zero-order valence-corrected chi connectivity index (χ0v) is 12.2. The maximum Gasteiger partial charge on any atom is 0.339 e. The average molecular weight is 288 g/mol. The first-order chi connectivity index (χ1) is 9.60. The summed E-state index contributed by atoms with van der Waals surface area (Å²) in [6, 6.07) is 13.5. The highest BCUT2D eigenvalue weighted by Gasteiger charge is 2.11. The van der Waals surface area contributed by atoms with Crippen LogP contribution in [-0.2, 0) is 5.75 Å². The van der Waals surface area contributed by atoms with E-state index in [1.807, 2.05) is 12.1 Å². The van der Waals surface area contributed by atoms with Gasteiger partial charge in [-0.2, -0.15) is 0 Å². The Labute approximate surface area is 122 Å². The van der Waals surface area contributed by atoms with Gasteiger partial charge in [-0.15, -0.1) is 11.8 Å². The lowest BCUT2D eigenvalue weighted by Gasteiger charge is -2.08. The molecule has 2 aromatic carbocycles. The van der Waals surface area contributed by atoms with Crippen molar-refractivity contribution in [3.63, 3.8) is 0 Å². The second-order valence-electron chi connectivity index (χ2n) is 4.44. The fourth-order valence-electron chi connectivity index (χ4n) is 1.87. The molecule has 1 N–H and O–H groups in total. The molecule has 20 heavy (non-hydrogen) atoms. The van der Waals surface area contributed by atoms with Crippen molar-refractivity contribution in [2.45, 2.75) is 17.6 Å². The summed E-state index contributed by atoms with van der Waals surface area (Å²) in [4.78, 5) is 12.2. The van der Waals surface area contributed by atoms with E-state index in [1.165, 1.54) is 17.6 Å². The number of benzene rings is 2. The van der Waals surface area contributed by atoms with Crippen LogP contribution in [0.25, 0.3) is 0 Å². The van der Waals surface area contributed by atoms with Gasteiger partial charge in [-0.1, -0.05) is 23.8 Å². The number of carbonyl (C=O) groups is 1. The fraction of sp³-hybridized carbons (Fsp3) is 0.188. The molecule has 0 aliphatic carbocycles. The number of carboxylic acids is 1. The number of methoxy groups -OCH3 is 1. The Kier molecular flexibility index (Phi) is 4.69. The lowest BCUT2D eigenvalue weighted by atomic mass is 10.1. The molecule has 0 aliphatic heterocycles. The third kappa shape index (κ3) is 3.54. The van der Waals surface area contributed by atoms with Crippen LogP contribution in [0.2, 0.25) is 0 Å². The van der Waals surface area contributed by atoms with Gasteiger partial charge in [0, 0.05) is 10.6 Å². The van der Waals surface area contributed by atoms with E-state index in [-0.39, 0.29) is 5.56 Å². The van der Waals surface area contributed by atoms with E-state index in [1.54, 1.807) is 23.9 Å². The standard InChI is InChI=1S/C16H16O3S/c1-11-4-3-5-13(8-11)20-10-12-6-7-14(16(17)18)15(9-12)19-2/h3-9H,10H2,1-2H3,(H,17,18). The molecule has 0 saturated heterocycles. The van der Waals surface area contributed by atoms with E-state index >= 15 is 0 Å². The maximum absolute atomic E-state index is 11.0. The predicted octanol–water partition coefficient (Wildman–Crippen LogP) is 3.99. The van der Waals surface area contributed by atoms with Gasteiger partial charge in [-0.05, 0) is 36.8 Å². The summed E-state index contributed by atoms with van der Waals surface area (Å²) < 4.78 is 5.13. The molecule has 3 nitrogen and oxygen atoms in total. The van der Waals surface area contributed by atoms with E-state index in [4.69, 9.17) is 9.84 Å². The molecular formula is C16H16O3S. The first-order valence-electron chi connectivity index (χ1n) is 6.20. The van der Waals surface area contributed by atoms with Crippen LogP contribution in [-0.4, -0.2) is 18.2 Å². The summed E-state index contributed by atoms with van der Waals surface area (Å²) in [5, 5.41) is 9.04. The SMILES string of the molecule is COc1cc(CSc2cccc(C)c2)ccc1C(=O)O. The highest BCUT2D eigenvalue weighted by molar-refractivity contribution is 7.98. The molecule has 0 aromatic heterocycles. The van der Waals surface area contributed by atoms with Crippen molar-refractivity contribution >= 4 is 17.7 Å². The van der Waals surface area contributed by atoms with Crippen LogP contribution >= 0.6 is 11.8 Å². The Morgan fingerprint density at radius 2 is 2.05 bits per heavy atom. The van der Waals surface area contributed by atoms with Crippen molar-refractivity contribution in [3.8, 4) is 5.75 Å². The molecule has 4 heteroatoms. The Hall–Kier alpha value is -1.94. The molecule has 2 aromatic rings. The van der Waals surface area contributed by atoms with Crippen LogP contribution in [0.3, 0.4) is 0 Å². The van der Waals surface area contributed by atoms with Gasteiger partial charge < -0.3 is 9.84 Å². The van der Waals surface area contributed by atoms with Crippen molar-refractivity contribution in [2.75, 3.05) is 7.11 Å². The highest BCUT2D eigenvalue weighted by atomic mass is 32.2. The second kappa shape index (κ2) is 6.48. The lowest BCUT2D eigenvalue weighted by molar-refractivity contribution is 0.0693. The van der Waals surface area contributed by atoms with E-state index < -0.39 is 5.97 Å². The van der Waals surface area contributed by atoms with Gasteiger partial charge in [-0.25, -0.2) is 4.79 Å². The third-order valence-electron chi connectivity index (χ3n) is 2.89. The average Bonchev–Trinajstić information content (AvgIpc) is 2.44. The topological polar surface area (TPSA) is 46.5 Å². The summed E-state index contributed by atoms with van der Waals surface area (Å²) in [6.45, 7) is 2.06. The smallest absolute Gasteiger partial charge is 0.339 e. The molecule has 0 radical (unpaired) electrons. The second-order valence-corrected chi connectivity index (χ2v) is 5.49. The van der Waals surface area contributed by atoms with Crippen molar-refractivity contribution in [2.24, 2.45) is 0 Å². The van der Waals surface area contributed by atoms with Crippen LogP contribution in [0.5, 0.6) is 5.75 Å². The number of ether oxygens (including phenoxy) is 1. The summed E-state index contributed by atoms with van der Waals surface area (Å²) in [5.41, 5.74) is 2.46. The minimum atomic E-state index is -0.972. The number of aromatic carboxylic acids is 1. The Morgan fingerprint density at radius 3 is 2.70 bits per heavy atom. The van der Waals surface area contributed by atoms with Crippen molar-refractivity contribution in [1.29, 1.82) is 0 Å². The van der Waals surface area contributed by atoms with Gasteiger partial charge in [0.1, 0.15) is 11.3 Å². The quantitative estimate of drug-likeness (QED) is 0.845. The van der Waals surface area contributed by atoms with Crippen molar-refractivity contribution in [1.82, 2.24) is 0 Å². The minimum Gasteiger partial charge on any atom is -0.496 e. The van der Waals surface area contributed by atoms with Gasteiger partial charge in [-0.3, -0.25) is 0 Å². The van der Waals surface area contributed by atoms with Crippen LogP contribution < -0.4 is 4.74 Å². The van der Waals surface area contributed by atoms with Crippen LogP contribution in [0.1, 0.15) is 21.5 Å². The van der Waals surface area contributed by atoms with Crippen LogP contribution in [0, 0.1) is 6.92 Å². The molecule has 0 unspecified atom stereocenters. The Bertz CT molecular complexity index is 623. The molecule has 2 rings (SSSR count). The Balaban J connectivity index is 2.12. The highest BCUT2D eigenvalue weighted by Crippen LogP contribution is 2.27. The number of hydrogen-bond donors (Lipinski definition) is 1. The minimum absolute atomic E-state index is 0.191. The zero-order valence-electron chi connectivity index (χ0n) is 11.4. The monoisotopic (exact) mass is 288 g/mol. The van der Waals surface area contributed by atoms with Crippen LogP contribution in [0.4, 0.5) is 0 Å². The molecule has 0 bridgehead atoms. The zero-order chi connectivity index (χ0) is 14.5. The van der Waals surface area contributed by atoms with Gasteiger partial charge in [0.25, 0.3) is 0 Å². The number of aryl methyl sites for hydroxylation is 1. The largest absolute Gasteiger partial charge is 0.496 e. The predicted molar refractivity (Wildman–Crippen MR) is 80.7 cm³/mol. The number of hydrogen-bond acceptors (Lipinski definition) is 3.